The number of amides is 4. The third-order valence-electron chi connectivity index (χ3n) is 8.00. The lowest BCUT2D eigenvalue weighted by Crippen LogP contribution is -2.53. The van der Waals surface area contributed by atoms with Crippen LogP contribution < -0.4 is 10.2 Å². The summed E-state index contributed by atoms with van der Waals surface area (Å²) in [5.41, 5.74) is 2.45. The van der Waals surface area contributed by atoms with E-state index in [1.54, 1.807) is 9.80 Å². The van der Waals surface area contributed by atoms with E-state index >= 15 is 0 Å². The van der Waals surface area contributed by atoms with Crippen molar-refractivity contribution in [3.63, 3.8) is 0 Å². The van der Waals surface area contributed by atoms with E-state index in [0.29, 0.717) is 44.9 Å². The van der Waals surface area contributed by atoms with E-state index in [9.17, 15) is 24.0 Å². The van der Waals surface area contributed by atoms with Gasteiger partial charge < -0.3 is 34.4 Å². The Morgan fingerprint density at radius 2 is 1.73 bits per heavy atom. The number of hydrogen-bond acceptors (Lipinski definition) is 7. The van der Waals surface area contributed by atoms with Crippen molar-refractivity contribution < 1.29 is 28.7 Å². The molecule has 0 aromatic heterocycles. The number of fused-ring (bicyclic) bond motifs is 1. The Labute approximate surface area is 235 Å². The lowest BCUT2D eigenvalue weighted by atomic mass is 9.94. The fourth-order valence-electron chi connectivity index (χ4n) is 5.68. The van der Waals surface area contributed by atoms with Gasteiger partial charge in [0.1, 0.15) is 12.3 Å². The SMILES string of the molecule is CNC(=O)C(CCC=O)N1Cc2cc(N3CCC(C(=O)N4CCN(C(=O)OCC(C)C)CC4)CC3)ccc2C1=O. The van der Waals surface area contributed by atoms with E-state index in [-0.39, 0.29) is 48.5 Å². The van der Waals surface area contributed by atoms with Crippen LogP contribution in [0.2, 0.25) is 0 Å². The number of piperazine rings is 1. The Morgan fingerprint density at radius 1 is 1.05 bits per heavy atom. The molecule has 0 aliphatic carbocycles. The predicted molar refractivity (Wildman–Crippen MR) is 149 cm³/mol. The third-order valence-corrected chi connectivity index (χ3v) is 8.00. The van der Waals surface area contributed by atoms with Gasteiger partial charge in [0, 0.05) is 76.5 Å². The molecule has 0 bridgehead atoms. The van der Waals surface area contributed by atoms with Crippen LogP contribution in [0.1, 0.15) is 55.5 Å². The lowest BCUT2D eigenvalue weighted by Gasteiger charge is -2.38. The van der Waals surface area contributed by atoms with E-state index in [2.05, 4.69) is 10.2 Å². The van der Waals surface area contributed by atoms with Crippen LogP contribution in [0.4, 0.5) is 10.5 Å². The van der Waals surface area contributed by atoms with Crippen molar-refractivity contribution in [3.05, 3.63) is 29.3 Å². The second-order valence-electron chi connectivity index (χ2n) is 11.2. The summed E-state index contributed by atoms with van der Waals surface area (Å²) in [5, 5.41) is 2.60. The molecule has 0 spiro atoms. The average Bonchev–Trinajstić information content (AvgIpc) is 3.30. The number of nitrogens with one attached hydrogen (secondary N) is 1. The molecule has 0 saturated carbocycles. The third kappa shape index (κ3) is 6.56. The van der Waals surface area contributed by atoms with E-state index in [1.165, 1.54) is 7.05 Å². The molecule has 3 heterocycles. The Kier molecular flexibility index (Phi) is 9.65. The summed E-state index contributed by atoms with van der Waals surface area (Å²) in [6.07, 6.45) is 2.43. The average molecular weight is 556 g/mol. The molecule has 1 N–H and O–H groups in total. The minimum Gasteiger partial charge on any atom is -0.449 e. The Balaban J connectivity index is 1.30. The molecule has 3 aliphatic heterocycles. The number of aldehydes is 1. The van der Waals surface area contributed by atoms with Crippen LogP contribution in [0.5, 0.6) is 0 Å². The molecule has 11 heteroatoms. The minimum atomic E-state index is -0.687. The number of carbonyl (C=O) groups is 5. The van der Waals surface area contributed by atoms with Gasteiger partial charge in [-0.25, -0.2) is 4.79 Å². The molecule has 218 valence electrons. The monoisotopic (exact) mass is 555 g/mol. The van der Waals surface area contributed by atoms with Gasteiger partial charge in [-0.1, -0.05) is 13.8 Å². The zero-order valence-electron chi connectivity index (χ0n) is 23.8. The normalized spacial score (nSPS) is 18.6. The minimum absolute atomic E-state index is 0.0478. The van der Waals surface area contributed by atoms with Gasteiger partial charge in [-0.3, -0.25) is 14.4 Å². The molecule has 1 atom stereocenters. The van der Waals surface area contributed by atoms with Crippen LogP contribution in [0.15, 0.2) is 18.2 Å². The van der Waals surface area contributed by atoms with Crippen LogP contribution in [0.25, 0.3) is 0 Å². The van der Waals surface area contributed by atoms with Gasteiger partial charge in [-0.15, -0.1) is 0 Å². The molecule has 1 unspecified atom stereocenters. The summed E-state index contributed by atoms with van der Waals surface area (Å²) < 4.78 is 5.32. The number of nitrogens with zero attached hydrogens (tertiary/aromatic N) is 4. The van der Waals surface area contributed by atoms with Crippen LogP contribution in [-0.2, 0) is 25.7 Å². The first-order chi connectivity index (χ1) is 19.2. The fourth-order valence-corrected chi connectivity index (χ4v) is 5.68. The standard InChI is InChI=1S/C29H41N5O6/c1-20(2)19-40-29(39)33-14-12-32(13-15-33)27(37)21-8-10-31(11-9-21)23-6-7-24-22(17-23)18-34(28(24)38)25(5-4-16-35)26(36)30-3/h6-7,16-17,20-21,25H,4-5,8-15,18-19H2,1-3H3,(H,30,36). The summed E-state index contributed by atoms with van der Waals surface area (Å²) in [4.78, 5) is 69.2. The molecular formula is C29H41N5O6. The quantitative estimate of drug-likeness (QED) is 0.462. The maximum Gasteiger partial charge on any atom is 0.409 e. The van der Waals surface area contributed by atoms with Crippen molar-refractivity contribution in [2.45, 2.75) is 52.1 Å². The van der Waals surface area contributed by atoms with Gasteiger partial charge in [-0.2, -0.15) is 0 Å². The van der Waals surface area contributed by atoms with Crippen molar-refractivity contribution in [2.75, 3.05) is 57.8 Å². The molecule has 4 rings (SSSR count). The highest BCUT2D eigenvalue weighted by Gasteiger charge is 2.37. The van der Waals surface area contributed by atoms with E-state index in [1.807, 2.05) is 36.9 Å². The number of piperidine rings is 1. The second kappa shape index (κ2) is 13.1. The summed E-state index contributed by atoms with van der Waals surface area (Å²) in [6, 6.07) is 5.07. The summed E-state index contributed by atoms with van der Waals surface area (Å²) in [5.74, 6) is -0.0812. The van der Waals surface area contributed by atoms with Crippen LogP contribution in [0, 0.1) is 11.8 Å². The zero-order valence-corrected chi connectivity index (χ0v) is 23.8. The van der Waals surface area contributed by atoms with Crippen LogP contribution in [-0.4, -0.2) is 104 Å². The first kappa shape index (κ1) is 29.4. The first-order valence-electron chi connectivity index (χ1n) is 14.3. The Bertz CT molecular complexity index is 1110. The number of rotatable bonds is 9. The molecule has 4 amide bonds. The molecule has 1 aromatic carbocycles. The number of hydrogen-bond donors (Lipinski definition) is 1. The Morgan fingerprint density at radius 3 is 2.35 bits per heavy atom. The van der Waals surface area contributed by atoms with Gasteiger partial charge in [0.2, 0.25) is 11.8 Å². The molecule has 2 saturated heterocycles. The van der Waals surface area contributed by atoms with Gasteiger partial charge in [0.25, 0.3) is 5.91 Å². The maximum absolute atomic E-state index is 13.2. The maximum atomic E-state index is 13.2. The zero-order chi connectivity index (χ0) is 28.8. The van der Waals surface area contributed by atoms with E-state index in [0.717, 1.165) is 43.5 Å². The van der Waals surface area contributed by atoms with Crippen molar-refractivity contribution in [1.82, 2.24) is 20.0 Å². The second-order valence-corrected chi connectivity index (χ2v) is 11.2. The van der Waals surface area contributed by atoms with Crippen molar-refractivity contribution in [2.24, 2.45) is 11.8 Å². The van der Waals surface area contributed by atoms with Crippen molar-refractivity contribution >= 4 is 35.8 Å². The number of carbonyl (C=O) groups excluding carboxylic acids is 5. The summed E-state index contributed by atoms with van der Waals surface area (Å²) in [7, 11) is 1.53. The molecule has 11 nitrogen and oxygen atoms in total. The van der Waals surface area contributed by atoms with E-state index < -0.39 is 6.04 Å². The predicted octanol–water partition coefficient (Wildman–Crippen LogP) is 1.89. The topological polar surface area (TPSA) is 120 Å². The highest BCUT2D eigenvalue weighted by atomic mass is 16.6. The van der Waals surface area contributed by atoms with Crippen molar-refractivity contribution in [3.8, 4) is 0 Å². The van der Waals surface area contributed by atoms with Gasteiger partial charge >= 0.3 is 6.09 Å². The van der Waals surface area contributed by atoms with Crippen LogP contribution >= 0.6 is 0 Å². The number of likely N-dealkylation sites (N-methyl/N-ethyl adjacent to an activating group) is 1. The molecule has 3 aliphatic rings. The van der Waals surface area contributed by atoms with Crippen LogP contribution in [0.3, 0.4) is 0 Å². The Hall–Kier alpha value is -3.63. The molecule has 0 radical (unpaired) electrons. The van der Waals surface area contributed by atoms with Gasteiger partial charge in [0.15, 0.2) is 0 Å². The highest BCUT2D eigenvalue weighted by molar-refractivity contribution is 6.01. The number of anilines is 1. The highest BCUT2D eigenvalue weighted by Crippen LogP contribution is 2.32. The largest absolute Gasteiger partial charge is 0.449 e. The molecule has 2 fully saturated rings. The molecule has 1 aromatic rings. The first-order valence-corrected chi connectivity index (χ1v) is 14.3. The van der Waals surface area contributed by atoms with Crippen molar-refractivity contribution in [1.29, 1.82) is 0 Å². The lowest BCUT2D eigenvalue weighted by molar-refractivity contribution is -0.137. The number of ether oxygens (including phenoxy) is 1. The fraction of sp³-hybridized carbons (Fsp3) is 0.621. The van der Waals surface area contributed by atoms with Gasteiger partial charge in [0.05, 0.1) is 6.61 Å². The van der Waals surface area contributed by atoms with E-state index in [4.69, 9.17) is 4.74 Å². The smallest absolute Gasteiger partial charge is 0.409 e. The number of benzene rings is 1. The summed E-state index contributed by atoms with van der Waals surface area (Å²) in [6.45, 7) is 8.20. The van der Waals surface area contributed by atoms with Gasteiger partial charge in [-0.05, 0) is 48.9 Å². The molecule has 40 heavy (non-hydrogen) atoms. The summed E-state index contributed by atoms with van der Waals surface area (Å²) >= 11 is 0. The molecular weight excluding hydrogens is 514 g/mol.